The van der Waals surface area contributed by atoms with Gasteiger partial charge in [0.25, 0.3) is 0 Å². The molecule has 2 rings (SSSR count). The normalized spacial score (nSPS) is 28.3. The minimum atomic E-state index is -0.206. The summed E-state index contributed by atoms with van der Waals surface area (Å²) in [5.74, 6) is 0.555. The fourth-order valence-corrected chi connectivity index (χ4v) is 2.60. The molecule has 2 nitrogen and oxygen atoms in total. The molecule has 18 heavy (non-hydrogen) atoms. The lowest BCUT2D eigenvalue weighted by molar-refractivity contribution is 0.104. The molecule has 1 saturated carbocycles. The van der Waals surface area contributed by atoms with Gasteiger partial charge in [-0.15, -0.1) is 0 Å². The summed E-state index contributed by atoms with van der Waals surface area (Å²) in [4.78, 5) is 0. The Bertz CT molecular complexity index is 369. The van der Waals surface area contributed by atoms with Crippen molar-refractivity contribution in [1.82, 2.24) is 5.32 Å². The van der Waals surface area contributed by atoms with Crippen molar-refractivity contribution in [1.29, 1.82) is 0 Å². The summed E-state index contributed by atoms with van der Waals surface area (Å²) < 4.78 is 12.8. The second-order valence-corrected chi connectivity index (χ2v) is 5.60. The molecule has 2 N–H and O–H groups in total. The quantitative estimate of drug-likeness (QED) is 0.862. The molecular formula is C15H22FNO. The molecule has 0 aromatic heterocycles. The van der Waals surface area contributed by atoms with E-state index in [0.29, 0.717) is 6.54 Å². The molecule has 0 amide bonds. The molecule has 1 fully saturated rings. The molecule has 3 heteroatoms. The Labute approximate surface area is 108 Å². The number of halogens is 1. The van der Waals surface area contributed by atoms with E-state index in [2.05, 4.69) is 12.2 Å². The lowest BCUT2D eigenvalue weighted by atomic mass is 9.77. The number of hydrogen-bond acceptors (Lipinski definition) is 2. The van der Waals surface area contributed by atoms with Gasteiger partial charge < -0.3 is 10.4 Å². The third kappa shape index (κ3) is 3.30. The summed E-state index contributed by atoms with van der Waals surface area (Å²) in [6, 6.07) is 6.54. The molecule has 1 aliphatic rings. The Morgan fingerprint density at radius 3 is 2.44 bits per heavy atom. The van der Waals surface area contributed by atoms with Crippen LogP contribution < -0.4 is 5.32 Å². The highest BCUT2D eigenvalue weighted by molar-refractivity contribution is 5.16. The van der Waals surface area contributed by atoms with Crippen molar-refractivity contribution < 1.29 is 9.50 Å². The van der Waals surface area contributed by atoms with Crippen molar-refractivity contribution >= 4 is 0 Å². The van der Waals surface area contributed by atoms with Gasteiger partial charge in [0.1, 0.15) is 5.82 Å². The Balaban J connectivity index is 1.92. The number of rotatable bonds is 4. The zero-order valence-corrected chi connectivity index (χ0v) is 11.0. The minimum Gasteiger partial charge on any atom is -0.394 e. The van der Waals surface area contributed by atoms with Gasteiger partial charge >= 0.3 is 0 Å². The first-order valence-electron chi connectivity index (χ1n) is 6.74. The highest BCUT2D eigenvalue weighted by Gasteiger charge is 2.32. The van der Waals surface area contributed by atoms with Crippen LogP contribution in [-0.4, -0.2) is 17.3 Å². The average molecular weight is 251 g/mol. The van der Waals surface area contributed by atoms with E-state index in [4.69, 9.17) is 0 Å². The standard InChI is InChI=1S/C15H22FNO/c1-12-6-8-15(11-18,9-7-12)17-10-13-2-4-14(16)5-3-13/h2-5,12,17-18H,6-11H2,1H3. The second kappa shape index (κ2) is 5.81. The van der Waals surface area contributed by atoms with Gasteiger partial charge in [-0.25, -0.2) is 4.39 Å². The molecule has 0 saturated heterocycles. The molecular weight excluding hydrogens is 229 g/mol. The Morgan fingerprint density at radius 1 is 1.28 bits per heavy atom. The van der Waals surface area contributed by atoms with Gasteiger partial charge in [-0.1, -0.05) is 19.1 Å². The number of hydrogen-bond donors (Lipinski definition) is 2. The number of benzene rings is 1. The third-order valence-corrected chi connectivity index (χ3v) is 4.11. The van der Waals surface area contributed by atoms with Crippen LogP contribution in [-0.2, 0) is 6.54 Å². The highest BCUT2D eigenvalue weighted by Crippen LogP contribution is 2.31. The zero-order valence-electron chi connectivity index (χ0n) is 11.0. The van der Waals surface area contributed by atoms with Crippen LogP contribution in [0.25, 0.3) is 0 Å². The van der Waals surface area contributed by atoms with Crippen molar-refractivity contribution in [2.75, 3.05) is 6.61 Å². The maximum atomic E-state index is 12.8. The van der Waals surface area contributed by atoms with Crippen LogP contribution in [0, 0.1) is 11.7 Å². The summed E-state index contributed by atoms with van der Waals surface area (Å²) in [5.41, 5.74) is 0.920. The fraction of sp³-hybridized carbons (Fsp3) is 0.600. The lowest BCUT2D eigenvalue weighted by Crippen LogP contribution is -2.50. The van der Waals surface area contributed by atoms with Gasteiger partial charge in [0, 0.05) is 12.1 Å². The summed E-state index contributed by atoms with van der Waals surface area (Å²) in [7, 11) is 0. The van der Waals surface area contributed by atoms with E-state index in [1.54, 1.807) is 12.1 Å². The number of nitrogens with one attached hydrogen (secondary N) is 1. The zero-order chi connectivity index (χ0) is 13.0. The second-order valence-electron chi connectivity index (χ2n) is 5.60. The summed E-state index contributed by atoms with van der Waals surface area (Å²) in [6.45, 7) is 3.14. The minimum absolute atomic E-state index is 0.138. The molecule has 0 aliphatic heterocycles. The van der Waals surface area contributed by atoms with Crippen LogP contribution in [0.3, 0.4) is 0 Å². The maximum Gasteiger partial charge on any atom is 0.123 e. The van der Waals surface area contributed by atoms with E-state index in [9.17, 15) is 9.50 Å². The lowest BCUT2D eigenvalue weighted by Gasteiger charge is -2.39. The van der Waals surface area contributed by atoms with Crippen LogP contribution >= 0.6 is 0 Å². The van der Waals surface area contributed by atoms with Crippen LogP contribution in [0.1, 0.15) is 38.2 Å². The Hall–Kier alpha value is -0.930. The van der Waals surface area contributed by atoms with E-state index >= 15 is 0 Å². The maximum absolute atomic E-state index is 12.8. The highest BCUT2D eigenvalue weighted by atomic mass is 19.1. The van der Waals surface area contributed by atoms with Gasteiger partial charge in [-0.2, -0.15) is 0 Å². The molecule has 0 bridgehead atoms. The first-order valence-corrected chi connectivity index (χ1v) is 6.74. The van der Waals surface area contributed by atoms with E-state index in [-0.39, 0.29) is 18.0 Å². The van der Waals surface area contributed by atoms with E-state index < -0.39 is 0 Å². The predicted molar refractivity (Wildman–Crippen MR) is 70.7 cm³/mol. The van der Waals surface area contributed by atoms with Crippen LogP contribution in [0.2, 0.25) is 0 Å². The number of aliphatic hydroxyl groups excluding tert-OH is 1. The first kappa shape index (κ1) is 13.5. The van der Waals surface area contributed by atoms with Gasteiger partial charge in [-0.05, 0) is 49.3 Å². The SMILES string of the molecule is CC1CCC(CO)(NCc2ccc(F)cc2)CC1. The molecule has 0 heterocycles. The predicted octanol–water partition coefficient (Wildman–Crippen LogP) is 2.86. The summed E-state index contributed by atoms with van der Waals surface area (Å²) in [6.07, 6.45) is 4.37. The van der Waals surface area contributed by atoms with E-state index in [0.717, 1.165) is 37.2 Å². The van der Waals surface area contributed by atoms with Crippen LogP contribution in [0.15, 0.2) is 24.3 Å². The topological polar surface area (TPSA) is 32.3 Å². The Kier molecular flexibility index (Phi) is 4.36. The van der Waals surface area contributed by atoms with E-state index in [1.165, 1.54) is 12.1 Å². The van der Waals surface area contributed by atoms with Gasteiger partial charge in [0.2, 0.25) is 0 Å². The molecule has 100 valence electrons. The van der Waals surface area contributed by atoms with Crippen LogP contribution in [0.5, 0.6) is 0 Å². The molecule has 1 aliphatic carbocycles. The molecule has 0 unspecified atom stereocenters. The van der Waals surface area contributed by atoms with Gasteiger partial charge in [0.15, 0.2) is 0 Å². The first-order chi connectivity index (χ1) is 8.63. The van der Waals surface area contributed by atoms with Gasteiger partial charge in [-0.3, -0.25) is 0 Å². The average Bonchev–Trinajstić information content (AvgIpc) is 2.41. The fourth-order valence-electron chi connectivity index (χ4n) is 2.60. The molecule has 0 radical (unpaired) electrons. The van der Waals surface area contributed by atoms with Crippen molar-refractivity contribution in [2.45, 2.75) is 44.7 Å². The molecule has 1 aromatic carbocycles. The largest absolute Gasteiger partial charge is 0.394 e. The molecule has 0 atom stereocenters. The molecule has 1 aromatic rings. The third-order valence-electron chi connectivity index (χ3n) is 4.11. The van der Waals surface area contributed by atoms with Crippen molar-refractivity contribution in [3.05, 3.63) is 35.6 Å². The summed E-state index contributed by atoms with van der Waals surface area (Å²) in [5, 5.41) is 13.1. The molecule has 0 spiro atoms. The number of aliphatic hydroxyl groups is 1. The van der Waals surface area contributed by atoms with Crippen molar-refractivity contribution in [3.63, 3.8) is 0 Å². The smallest absolute Gasteiger partial charge is 0.123 e. The van der Waals surface area contributed by atoms with Crippen molar-refractivity contribution in [2.24, 2.45) is 5.92 Å². The monoisotopic (exact) mass is 251 g/mol. The van der Waals surface area contributed by atoms with Crippen molar-refractivity contribution in [3.8, 4) is 0 Å². The van der Waals surface area contributed by atoms with Gasteiger partial charge in [0.05, 0.1) is 6.61 Å². The van der Waals surface area contributed by atoms with Crippen LogP contribution in [0.4, 0.5) is 4.39 Å². The summed E-state index contributed by atoms with van der Waals surface area (Å²) >= 11 is 0. The van der Waals surface area contributed by atoms with E-state index in [1.807, 2.05) is 0 Å². The Morgan fingerprint density at radius 2 is 1.89 bits per heavy atom.